The summed E-state index contributed by atoms with van der Waals surface area (Å²) in [6.07, 6.45) is 3.54. The number of nitrogens with one attached hydrogen (secondary N) is 1. The Morgan fingerprint density at radius 2 is 2.10 bits per heavy atom. The van der Waals surface area contributed by atoms with Crippen molar-refractivity contribution >= 4 is 33.4 Å². The van der Waals surface area contributed by atoms with Crippen LogP contribution in [0.5, 0.6) is 0 Å². The predicted octanol–water partition coefficient (Wildman–Crippen LogP) is 5.29. The summed E-state index contributed by atoms with van der Waals surface area (Å²) in [5, 5.41) is 3.86. The molecule has 0 spiro atoms. The van der Waals surface area contributed by atoms with E-state index in [2.05, 4.69) is 42.0 Å². The minimum absolute atomic E-state index is 0.00267. The molecule has 116 valence electrons. The quantitative estimate of drug-likeness (QED) is 0.767. The third-order valence-electron chi connectivity index (χ3n) is 4.52. The van der Waals surface area contributed by atoms with Gasteiger partial charge in [0.2, 0.25) is 0 Å². The maximum Gasteiger partial charge on any atom is 0.251 e. The van der Waals surface area contributed by atoms with Crippen molar-refractivity contribution in [1.82, 2.24) is 5.32 Å². The van der Waals surface area contributed by atoms with Crippen molar-refractivity contribution < 1.29 is 4.79 Å². The number of carbonyl (C=O) groups excluding carboxylic acids is 1. The van der Waals surface area contributed by atoms with Crippen LogP contribution in [0, 0.1) is 17.8 Å². The molecule has 2 nitrogen and oxygen atoms in total. The average molecular weight is 373 g/mol. The number of hydrogen-bond acceptors (Lipinski definition) is 1. The highest BCUT2D eigenvalue weighted by Gasteiger charge is 2.31. The van der Waals surface area contributed by atoms with Gasteiger partial charge in [0.15, 0.2) is 0 Å². The fraction of sp³-hybridized carbons (Fsp3) is 0.588. The molecule has 1 aliphatic rings. The van der Waals surface area contributed by atoms with Gasteiger partial charge in [-0.1, -0.05) is 38.8 Å². The van der Waals surface area contributed by atoms with Crippen LogP contribution in [-0.4, -0.2) is 11.9 Å². The molecule has 1 aliphatic carbocycles. The van der Waals surface area contributed by atoms with Gasteiger partial charge in [-0.05, 0) is 64.7 Å². The number of amides is 1. The third kappa shape index (κ3) is 4.23. The van der Waals surface area contributed by atoms with E-state index in [4.69, 9.17) is 11.6 Å². The summed E-state index contributed by atoms with van der Waals surface area (Å²) in [7, 11) is 0. The maximum absolute atomic E-state index is 12.5. The van der Waals surface area contributed by atoms with Gasteiger partial charge in [-0.3, -0.25) is 4.79 Å². The van der Waals surface area contributed by atoms with Crippen LogP contribution < -0.4 is 5.32 Å². The van der Waals surface area contributed by atoms with Crippen LogP contribution in [0.4, 0.5) is 0 Å². The van der Waals surface area contributed by atoms with E-state index >= 15 is 0 Å². The van der Waals surface area contributed by atoms with Gasteiger partial charge in [-0.25, -0.2) is 0 Å². The van der Waals surface area contributed by atoms with Crippen LogP contribution in [0.3, 0.4) is 0 Å². The number of hydrogen-bond donors (Lipinski definition) is 1. The SMILES string of the molecule is CC1CCC(C(C)C)C(NC(=O)c2ccc(Cl)c(Br)c2)C1. The van der Waals surface area contributed by atoms with Crippen LogP contribution in [0.1, 0.15) is 50.4 Å². The fourth-order valence-corrected chi connectivity index (χ4v) is 3.75. The van der Waals surface area contributed by atoms with E-state index in [0.29, 0.717) is 28.3 Å². The summed E-state index contributed by atoms with van der Waals surface area (Å²) in [6.45, 7) is 6.77. The minimum Gasteiger partial charge on any atom is -0.349 e. The molecule has 1 saturated carbocycles. The molecular weight excluding hydrogens is 350 g/mol. The smallest absolute Gasteiger partial charge is 0.251 e. The lowest BCUT2D eigenvalue weighted by Crippen LogP contribution is -2.45. The molecule has 0 bridgehead atoms. The second-order valence-corrected chi connectivity index (χ2v) is 7.80. The van der Waals surface area contributed by atoms with Crippen molar-refractivity contribution in [1.29, 1.82) is 0 Å². The lowest BCUT2D eigenvalue weighted by Gasteiger charge is -2.37. The van der Waals surface area contributed by atoms with Gasteiger partial charge in [0.25, 0.3) is 5.91 Å². The lowest BCUT2D eigenvalue weighted by atomic mass is 9.74. The fourth-order valence-electron chi connectivity index (χ4n) is 3.26. The molecule has 0 heterocycles. The standard InChI is InChI=1S/C17H23BrClNO/c1-10(2)13-6-4-11(3)8-16(13)20-17(21)12-5-7-15(19)14(18)9-12/h5,7,9-11,13,16H,4,6,8H2,1-3H3,(H,20,21). The Morgan fingerprint density at radius 1 is 1.38 bits per heavy atom. The molecule has 2 rings (SSSR count). The van der Waals surface area contributed by atoms with Gasteiger partial charge in [0.05, 0.1) is 5.02 Å². The summed E-state index contributed by atoms with van der Waals surface area (Å²) >= 11 is 9.35. The first-order valence-electron chi connectivity index (χ1n) is 7.64. The predicted molar refractivity (Wildman–Crippen MR) is 91.7 cm³/mol. The lowest BCUT2D eigenvalue weighted by molar-refractivity contribution is 0.0868. The molecular formula is C17H23BrClNO. The molecule has 3 atom stereocenters. The Morgan fingerprint density at radius 3 is 2.71 bits per heavy atom. The topological polar surface area (TPSA) is 29.1 Å². The van der Waals surface area contributed by atoms with Gasteiger partial charge >= 0.3 is 0 Å². The van der Waals surface area contributed by atoms with Crippen molar-refractivity contribution in [2.24, 2.45) is 17.8 Å². The van der Waals surface area contributed by atoms with Crippen molar-refractivity contribution in [3.05, 3.63) is 33.3 Å². The zero-order valence-electron chi connectivity index (χ0n) is 12.8. The maximum atomic E-state index is 12.5. The second-order valence-electron chi connectivity index (χ2n) is 6.53. The summed E-state index contributed by atoms with van der Waals surface area (Å²) in [5.41, 5.74) is 0.659. The molecule has 1 amide bonds. The van der Waals surface area contributed by atoms with Gasteiger partial charge in [0, 0.05) is 16.1 Å². The van der Waals surface area contributed by atoms with Crippen LogP contribution >= 0.6 is 27.5 Å². The molecule has 0 radical (unpaired) electrons. The summed E-state index contributed by atoms with van der Waals surface area (Å²) in [6, 6.07) is 5.59. The van der Waals surface area contributed by atoms with Crippen molar-refractivity contribution in [2.75, 3.05) is 0 Å². The van der Waals surface area contributed by atoms with E-state index in [0.717, 1.165) is 10.9 Å². The van der Waals surface area contributed by atoms with Gasteiger partial charge in [0.1, 0.15) is 0 Å². The first-order valence-corrected chi connectivity index (χ1v) is 8.81. The molecule has 21 heavy (non-hydrogen) atoms. The van der Waals surface area contributed by atoms with Crippen molar-refractivity contribution in [3.63, 3.8) is 0 Å². The highest BCUT2D eigenvalue weighted by molar-refractivity contribution is 9.10. The first-order chi connectivity index (χ1) is 9.88. The van der Waals surface area contributed by atoms with Crippen LogP contribution in [-0.2, 0) is 0 Å². The largest absolute Gasteiger partial charge is 0.349 e. The Bertz CT molecular complexity index is 518. The van der Waals surface area contributed by atoms with Crippen LogP contribution in [0.25, 0.3) is 0 Å². The molecule has 1 N–H and O–H groups in total. The van der Waals surface area contributed by atoms with E-state index in [1.54, 1.807) is 18.2 Å². The van der Waals surface area contributed by atoms with E-state index in [-0.39, 0.29) is 11.9 Å². The van der Waals surface area contributed by atoms with E-state index in [1.165, 1.54) is 12.8 Å². The molecule has 4 heteroatoms. The van der Waals surface area contributed by atoms with Gasteiger partial charge < -0.3 is 5.32 Å². The number of benzene rings is 1. The average Bonchev–Trinajstić information content (AvgIpc) is 2.41. The molecule has 0 aromatic heterocycles. The first kappa shape index (κ1) is 16.8. The number of carbonyl (C=O) groups is 1. The second kappa shape index (κ2) is 7.15. The summed E-state index contributed by atoms with van der Waals surface area (Å²) in [5.74, 6) is 1.85. The molecule has 1 aromatic rings. The zero-order chi connectivity index (χ0) is 15.6. The van der Waals surface area contributed by atoms with E-state index in [9.17, 15) is 4.79 Å². The molecule has 0 saturated heterocycles. The monoisotopic (exact) mass is 371 g/mol. The highest BCUT2D eigenvalue weighted by atomic mass is 79.9. The number of rotatable bonds is 3. The van der Waals surface area contributed by atoms with Crippen LogP contribution in [0.2, 0.25) is 5.02 Å². The van der Waals surface area contributed by atoms with Gasteiger partial charge in [-0.15, -0.1) is 0 Å². The van der Waals surface area contributed by atoms with Crippen LogP contribution in [0.15, 0.2) is 22.7 Å². The molecule has 1 aromatic carbocycles. The molecule has 3 unspecified atom stereocenters. The van der Waals surface area contributed by atoms with Gasteiger partial charge in [-0.2, -0.15) is 0 Å². The van der Waals surface area contributed by atoms with E-state index < -0.39 is 0 Å². The summed E-state index contributed by atoms with van der Waals surface area (Å²) in [4.78, 5) is 12.5. The third-order valence-corrected chi connectivity index (χ3v) is 5.73. The minimum atomic E-state index is -0.00267. The number of halogens is 2. The van der Waals surface area contributed by atoms with E-state index in [1.807, 2.05) is 0 Å². The van der Waals surface area contributed by atoms with Crippen molar-refractivity contribution in [2.45, 2.75) is 46.1 Å². The zero-order valence-corrected chi connectivity index (χ0v) is 15.2. The Balaban J connectivity index is 2.10. The molecule has 0 aliphatic heterocycles. The highest BCUT2D eigenvalue weighted by Crippen LogP contribution is 2.33. The Hall–Kier alpha value is -0.540. The van der Waals surface area contributed by atoms with Crippen molar-refractivity contribution in [3.8, 4) is 0 Å². The molecule has 1 fully saturated rings. The Kier molecular flexibility index (Phi) is 5.73. The normalized spacial score (nSPS) is 25.9. The summed E-state index contributed by atoms with van der Waals surface area (Å²) < 4.78 is 0.759. The Labute approximate surface area is 140 Å².